The SMILES string of the molecule is Cc1ccc(CNC(c2cccs2)C2CCCC2)c(C)c1. The molecule has 2 heteroatoms. The van der Waals surface area contributed by atoms with Gasteiger partial charge in [0.1, 0.15) is 0 Å². The Morgan fingerprint density at radius 2 is 2.00 bits per heavy atom. The fraction of sp³-hybridized carbons (Fsp3) is 0.474. The summed E-state index contributed by atoms with van der Waals surface area (Å²) in [7, 11) is 0. The van der Waals surface area contributed by atoms with Gasteiger partial charge in [-0.2, -0.15) is 0 Å². The van der Waals surface area contributed by atoms with Crippen molar-refractivity contribution in [2.24, 2.45) is 5.92 Å². The van der Waals surface area contributed by atoms with Crippen molar-refractivity contribution >= 4 is 11.3 Å². The Morgan fingerprint density at radius 3 is 2.67 bits per heavy atom. The van der Waals surface area contributed by atoms with E-state index in [9.17, 15) is 0 Å². The maximum atomic E-state index is 3.85. The topological polar surface area (TPSA) is 12.0 Å². The van der Waals surface area contributed by atoms with E-state index in [0.717, 1.165) is 12.5 Å². The summed E-state index contributed by atoms with van der Waals surface area (Å²) < 4.78 is 0. The first kappa shape index (κ1) is 14.8. The molecule has 21 heavy (non-hydrogen) atoms. The Balaban J connectivity index is 1.72. The van der Waals surface area contributed by atoms with E-state index in [2.05, 4.69) is 54.9 Å². The maximum absolute atomic E-state index is 3.85. The highest BCUT2D eigenvalue weighted by Crippen LogP contribution is 2.37. The van der Waals surface area contributed by atoms with E-state index in [0.29, 0.717) is 6.04 Å². The van der Waals surface area contributed by atoms with Crippen LogP contribution in [0.2, 0.25) is 0 Å². The number of hydrogen-bond donors (Lipinski definition) is 1. The Labute approximate surface area is 132 Å². The molecule has 1 N–H and O–H groups in total. The number of thiophene rings is 1. The van der Waals surface area contributed by atoms with E-state index in [1.165, 1.54) is 47.3 Å². The molecule has 1 aliphatic rings. The molecular formula is C19H25NS. The first-order valence-corrected chi connectivity index (χ1v) is 8.95. The zero-order chi connectivity index (χ0) is 14.7. The van der Waals surface area contributed by atoms with E-state index in [4.69, 9.17) is 0 Å². The molecule has 1 nitrogen and oxygen atoms in total. The lowest BCUT2D eigenvalue weighted by atomic mass is 9.96. The lowest BCUT2D eigenvalue weighted by Crippen LogP contribution is -2.26. The third kappa shape index (κ3) is 3.56. The molecule has 0 radical (unpaired) electrons. The highest BCUT2D eigenvalue weighted by molar-refractivity contribution is 7.10. The Morgan fingerprint density at radius 1 is 1.19 bits per heavy atom. The molecule has 1 aromatic carbocycles. The molecule has 2 aromatic rings. The van der Waals surface area contributed by atoms with Crippen LogP contribution in [0.1, 0.15) is 53.3 Å². The number of hydrogen-bond acceptors (Lipinski definition) is 2. The van der Waals surface area contributed by atoms with Crippen molar-refractivity contribution in [2.45, 2.75) is 52.1 Å². The van der Waals surface area contributed by atoms with Crippen LogP contribution < -0.4 is 5.32 Å². The Hall–Kier alpha value is -1.12. The van der Waals surface area contributed by atoms with Gasteiger partial charge in [0, 0.05) is 17.5 Å². The number of rotatable bonds is 5. The second-order valence-corrected chi connectivity index (χ2v) is 7.33. The van der Waals surface area contributed by atoms with Crippen LogP contribution in [-0.2, 0) is 6.54 Å². The van der Waals surface area contributed by atoms with Crippen molar-refractivity contribution in [1.82, 2.24) is 5.32 Å². The summed E-state index contributed by atoms with van der Waals surface area (Å²) >= 11 is 1.90. The minimum atomic E-state index is 0.535. The number of nitrogens with one attached hydrogen (secondary N) is 1. The maximum Gasteiger partial charge on any atom is 0.0446 e. The van der Waals surface area contributed by atoms with Gasteiger partial charge in [0.05, 0.1) is 0 Å². The number of benzene rings is 1. The smallest absolute Gasteiger partial charge is 0.0446 e. The van der Waals surface area contributed by atoms with Crippen LogP contribution in [0, 0.1) is 19.8 Å². The summed E-state index contributed by atoms with van der Waals surface area (Å²) in [6.45, 7) is 5.36. The fourth-order valence-electron chi connectivity index (χ4n) is 3.52. The molecule has 1 unspecified atom stereocenters. The average Bonchev–Trinajstić information content (AvgIpc) is 3.14. The predicted octanol–water partition coefficient (Wildman–Crippen LogP) is 5.39. The van der Waals surface area contributed by atoms with Crippen molar-refractivity contribution in [2.75, 3.05) is 0 Å². The average molecular weight is 299 g/mol. The Kier molecular flexibility index (Phi) is 4.77. The third-order valence-electron chi connectivity index (χ3n) is 4.73. The van der Waals surface area contributed by atoms with Crippen molar-refractivity contribution in [3.8, 4) is 0 Å². The highest BCUT2D eigenvalue weighted by Gasteiger charge is 2.26. The van der Waals surface area contributed by atoms with E-state index >= 15 is 0 Å². The second-order valence-electron chi connectivity index (χ2n) is 6.35. The number of aryl methyl sites for hydroxylation is 2. The molecule has 0 bridgehead atoms. The molecule has 0 spiro atoms. The summed E-state index contributed by atoms with van der Waals surface area (Å²) in [5.41, 5.74) is 4.18. The van der Waals surface area contributed by atoms with Crippen LogP contribution in [0.4, 0.5) is 0 Å². The van der Waals surface area contributed by atoms with Crippen LogP contribution in [0.3, 0.4) is 0 Å². The van der Waals surface area contributed by atoms with Crippen molar-refractivity contribution in [1.29, 1.82) is 0 Å². The summed E-state index contributed by atoms with van der Waals surface area (Å²) in [5.74, 6) is 0.814. The molecule has 1 heterocycles. The highest BCUT2D eigenvalue weighted by atomic mass is 32.1. The van der Waals surface area contributed by atoms with E-state index in [1.807, 2.05) is 11.3 Å². The summed E-state index contributed by atoms with van der Waals surface area (Å²) in [4.78, 5) is 1.51. The predicted molar refractivity (Wildman–Crippen MR) is 91.8 cm³/mol. The van der Waals surface area contributed by atoms with Gasteiger partial charge in [0.25, 0.3) is 0 Å². The van der Waals surface area contributed by atoms with Crippen molar-refractivity contribution < 1.29 is 0 Å². The van der Waals surface area contributed by atoms with Gasteiger partial charge in [0.15, 0.2) is 0 Å². The van der Waals surface area contributed by atoms with Gasteiger partial charge >= 0.3 is 0 Å². The zero-order valence-electron chi connectivity index (χ0n) is 13.1. The quantitative estimate of drug-likeness (QED) is 0.781. The second kappa shape index (κ2) is 6.76. The largest absolute Gasteiger partial charge is 0.305 e. The lowest BCUT2D eigenvalue weighted by Gasteiger charge is -2.24. The van der Waals surface area contributed by atoms with Crippen LogP contribution >= 0.6 is 11.3 Å². The monoisotopic (exact) mass is 299 g/mol. The first-order chi connectivity index (χ1) is 10.2. The molecule has 0 amide bonds. The molecule has 0 saturated heterocycles. The molecule has 1 fully saturated rings. The molecule has 1 saturated carbocycles. The lowest BCUT2D eigenvalue weighted by molar-refractivity contribution is 0.370. The molecule has 1 aromatic heterocycles. The van der Waals surface area contributed by atoms with Crippen molar-refractivity contribution in [3.05, 3.63) is 57.3 Å². The van der Waals surface area contributed by atoms with Crippen LogP contribution in [0.5, 0.6) is 0 Å². The Bertz CT molecular complexity index is 567. The van der Waals surface area contributed by atoms with Gasteiger partial charge in [-0.05, 0) is 55.2 Å². The summed E-state index contributed by atoms with van der Waals surface area (Å²) in [6, 6.07) is 11.8. The summed E-state index contributed by atoms with van der Waals surface area (Å²) in [6.07, 6.45) is 5.56. The normalized spacial score (nSPS) is 17.2. The van der Waals surface area contributed by atoms with E-state index < -0.39 is 0 Å². The standard InChI is InChI=1S/C19H25NS/c1-14-9-10-17(15(2)12-14)13-20-19(16-6-3-4-7-16)18-8-5-11-21-18/h5,8-12,16,19-20H,3-4,6-7,13H2,1-2H3. The molecular weight excluding hydrogens is 274 g/mol. The minimum absolute atomic E-state index is 0.535. The van der Waals surface area contributed by atoms with E-state index in [1.54, 1.807) is 0 Å². The van der Waals surface area contributed by atoms with Gasteiger partial charge in [-0.25, -0.2) is 0 Å². The van der Waals surface area contributed by atoms with E-state index in [-0.39, 0.29) is 0 Å². The van der Waals surface area contributed by atoms with Gasteiger partial charge in [0.2, 0.25) is 0 Å². The fourth-order valence-corrected chi connectivity index (χ4v) is 4.42. The molecule has 1 aliphatic carbocycles. The van der Waals surface area contributed by atoms with Crippen LogP contribution in [0.15, 0.2) is 35.7 Å². The zero-order valence-corrected chi connectivity index (χ0v) is 13.9. The van der Waals surface area contributed by atoms with Crippen molar-refractivity contribution in [3.63, 3.8) is 0 Å². The van der Waals surface area contributed by atoms with Gasteiger partial charge < -0.3 is 5.32 Å². The van der Waals surface area contributed by atoms with Gasteiger partial charge in [-0.3, -0.25) is 0 Å². The third-order valence-corrected chi connectivity index (χ3v) is 5.69. The molecule has 3 rings (SSSR count). The van der Waals surface area contributed by atoms with Crippen LogP contribution in [-0.4, -0.2) is 0 Å². The molecule has 0 aliphatic heterocycles. The summed E-state index contributed by atoms with van der Waals surface area (Å²) in [5, 5.41) is 6.06. The minimum Gasteiger partial charge on any atom is -0.305 e. The van der Waals surface area contributed by atoms with Gasteiger partial charge in [-0.15, -0.1) is 11.3 Å². The molecule has 1 atom stereocenters. The van der Waals surface area contributed by atoms with Crippen LogP contribution in [0.25, 0.3) is 0 Å². The van der Waals surface area contributed by atoms with Gasteiger partial charge in [-0.1, -0.05) is 42.7 Å². The molecule has 112 valence electrons. The first-order valence-electron chi connectivity index (χ1n) is 8.07.